The van der Waals surface area contributed by atoms with Crippen LogP contribution in [0.15, 0.2) is 28.7 Å². The van der Waals surface area contributed by atoms with Gasteiger partial charge < -0.3 is 14.8 Å². The summed E-state index contributed by atoms with van der Waals surface area (Å²) < 4.78 is 5.59. The smallest absolute Gasteiger partial charge is 0.308 e. The Bertz CT molecular complexity index is 734. The molecule has 1 aliphatic carbocycles. The second-order valence-electron chi connectivity index (χ2n) is 6.31. The number of carbonyl (C=O) groups is 2. The summed E-state index contributed by atoms with van der Waals surface area (Å²) in [5, 5.41) is 13.1. The zero-order chi connectivity index (χ0) is 16.4. The maximum absolute atomic E-state index is 12.5. The fraction of sp³-hybridized carbons (Fsp3) is 0.444. The molecule has 2 N–H and O–H groups in total. The number of fused-ring (bicyclic) bond motifs is 1. The summed E-state index contributed by atoms with van der Waals surface area (Å²) in [5.41, 5.74) is 1.76. The highest BCUT2D eigenvalue weighted by Gasteiger charge is 2.31. The van der Waals surface area contributed by atoms with Crippen molar-refractivity contribution in [3.05, 3.63) is 35.6 Å². The van der Waals surface area contributed by atoms with Gasteiger partial charge in [-0.2, -0.15) is 0 Å². The van der Waals surface area contributed by atoms with Crippen molar-refractivity contribution in [2.45, 2.75) is 45.1 Å². The first kappa shape index (κ1) is 15.6. The van der Waals surface area contributed by atoms with Crippen molar-refractivity contribution < 1.29 is 19.1 Å². The van der Waals surface area contributed by atoms with Gasteiger partial charge in [0.05, 0.1) is 5.92 Å². The number of carboxylic acid groups (broad SMARTS) is 1. The predicted octanol–water partition coefficient (Wildman–Crippen LogP) is 3.50. The second-order valence-corrected chi connectivity index (χ2v) is 6.31. The van der Waals surface area contributed by atoms with E-state index in [-0.39, 0.29) is 17.7 Å². The number of aryl methyl sites for hydroxylation is 1. The summed E-state index contributed by atoms with van der Waals surface area (Å²) in [6.45, 7) is 1.98. The molecule has 2 atom stereocenters. The highest BCUT2D eigenvalue weighted by molar-refractivity contribution is 5.96. The van der Waals surface area contributed by atoms with Gasteiger partial charge in [-0.1, -0.05) is 30.9 Å². The summed E-state index contributed by atoms with van der Waals surface area (Å²) in [6.07, 6.45) is 4.16. The Morgan fingerprint density at radius 3 is 2.74 bits per heavy atom. The van der Waals surface area contributed by atoms with Gasteiger partial charge in [0.2, 0.25) is 0 Å². The van der Waals surface area contributed by atoms with Gasteiger partial charge in [0.1, 0.15) is 5.58 Å². The first-order valence-corrected chi connectivity index (χ1v) is 8.08. The van der Waals surface area contributed by atoms with Crippen LogP contribution in [0, 0.1) is 12.8 Å². The summed E-state index contributed by atoms with van der Waals surface area (Å²) in [6, 6.07) is 7.11. The first-order chi connectivity index (χ1) is 11.0. The SMILES string of the molecule is Cc1ccc2oc(C(=O)N[C@H]3CCCCC[C@H]3C(=O)O)cc2c1. The van der Waals surface area contributed by atoms with E-state index in [2.05, 4.69) is 5.32 Å². The molecule has 0 unspecified atom stereocenters. The highest BCUT2D eigenvalue weighted by atomic mass is 16.4. The highest BCUT2D eigenvalue weighted by Crippen LogP contribution is 2.25. The molecule has 122 valence electrons. The minimum Gasteiger partial charge on any atom is -0.481 e. The van der Waals surface area contributed by atoms with Crippen molar-refractivity contribution >= 4 is 22.8 Å². The van der Waals surface area contributed by atoms with Crippen molar-refractivity contribution in [1.82, 2.24) is 5.32 Å². The predicted molar refractivity (Wildman–Crippen MR) is 86.4 cm³/mol. The maximum Gasteiger partial charge on any atom is 0.308 e. The van der Waals surface area contributed by atoms with Gasteiger partial charge in [-0.15, -0.1) is 0 Å². The molecular formula is C18H21NO4. The number of furan rings is 1. The Kier molecular flexibility index (Phi) is 4.37. The molecule has 5 nitrogen and oxygen atoms in total. The van der Waals surface area contributed by atoms with Crippen LogP contribution >= 0.6 is 0 Å². The van der Waals surface area contributed by atoms with Gasteiger partial charge in [0, 0.05) is 11.4 Å². The van der Waals surface area contributed by atoms with E-state index in [1.807, 2.05) is 25.1 Å². The third-order valence-corrected chi connectivity index (χ3v) is 4.55. The van der Waals surface area contributed by atoms with Crippen LogP contribution < -0.4 is 5.32 Å². The number of nitrogens with one attached hydrogen (secondary N) is 1. The average Bonchev–Trinajstić information content (AvgIpc) is 2.78. The lowest BCUT2D eigenvalue weighted by Crippen LogP contribution is -2.42. The molecule has 0 bridgehead atoms. The minimum absolute atomic E-state index is 0.235. The van der Waals surface area contributed by atoms with Crippen LogP contribution in [0.1, 0.15) is 48.2 Å². The lowest BCUT2D eigenvalue weighted by molar-refractivity contribution is -0.142. The summed E-state index contributed by atoms with van der Waals surface area (Å²) in [4.78, 5) is 23.9. The minimum atomic E-state index is -0.836. The van der Waals surface area contributed by atoms with E-state index in [4.69, 9.17) is 4.42 Å². The number of rotatable bonds is 3. The first-order valence-electron chi connectivity index (χ1n) is 8.08. The van der Waals surface area contributed by atoms with Crippen LogP contribution in [-0.2, 0) is 4.79 Å². The zero-order valence-electron chi connectivity index (χ0n) is 13.2. The van der Waals surface area contributed by atoms with Gasteiger partial charge in [-0.25, -0.2) is 0 Å². The van der Waals surface area contributed by atoms with E-state index < -0.39 is 11.9 Å². The molecule has 0 radical (unpaired) electrons. The van der Waals surface area contributed by atoms with Crippen LogP contribution in [0.25, 0.3) is 11.0 Å². The maximum atomic E-state index is 12.5. The van der Waals surface area contributed by atoms with Crippen LogP contribution in [0.3, 0.4) is 0 Å². The van der Waals surface area contributed by atoms with Gasteiger partial charge in [-0.3, -0.25) is 9.59 Å². The van der Waals surface area contributed by atoms with E-state index >= 15 is 0 Å². The summed E-state index contributed by atoms with van der Waals surface area (Å²) >= 11 is 0. The lowest BCUT2D eigenvalue weighted by Gasteiger charge is -2.22. The van der Waals surface area contributed by atoms with Crippen molar-refractivity contribution in [3.8, 4) is 0 Å². The van der Waals surface area contributed by atoms with E-state index in [1.165, 1.54) is 0 Å². The zero-order valence-corrected chi connectivity index (χ0v) is 13.2. The number of hydrogen-bond donors (Lipinski definition) is 2. The number of carbonyl (C=O) groups excluding carboxylic acids is 1. The van der Waals surface area contributed by atoms with Crippen molar-refractivity contribution in [2.24, 2.45) is 5.92 Å². The Balaban J connectivity index is 1.79. The molecule has 0 saturated heterocycles. The fourth-order valence-corrected chi connectivity index (χ4v) is 3.29. The molecule has 2 aromatic rings. The molecule has 1 amide bonds. The number of amides is 1. The van der Waals surface area contributed by atoms with E-state index in [0.29, 0.717) is 18.4 Å². The number of benzene rings is 1. The van der Waals surface area contributed by atoms with Gasteiger partial charge in [0.25, 0.3) is 5.91 Å². The number of aliphatic carboxylic acids is 1. The standard InChI is InChI=1S/C18H21NO4/c1-11-7-8-15-12(9-11)10-16(23-15)17(20)19-14-6-4-2-3-5-13(14)18(21)22/h7-10,13-14H,2-6H2,1H3,(H,19,20)(H,21,22)/t13-,14+/m1/s1. The van der Waals surface area contributed by atoms with Gasteiger partial charge in [0.15, 0.2) is 5.76 Å². The van der Waals surface area contributed by atoms with Crippen molar-refractivity contribution in [2.75, 3.05) is 0 Å². The average molecular weight is 315 g/mol. The summed E-state index contributed by atoms with van der Waals surface area (Å²) in [5.74, 6) is -1.46. The van der Waals surface area contributed by atoms with Crippen molar-refractivity contribution in [3.63, 3.8) is 0 Å². The Hall–Kier alpha value is -2.30. The molecule has 23 heavy (non-hydrogen) atoms. The number of carboxylic acids is 1. The van der Waals surface area contributed by atoms with Gasteiger partial charge >= 0.3 is 5.97 Å². The van der Waals surface area contributed by atoms with Crippen molar-refractivity contribution in [1.29, 1.82) is 0 Å². The normalized spacial score (nSPS) is 21.8. The molecule has 0 spiro atoms. The molecule has 1 aromatic carbocycles. The number of hydrogen-bond acceptors (Lipinski definition) is 3. The van der Waals surface area contributed by atoms with Crippen LogP contribution in [0.4, 0.5) is 0 Å². The van der Waals surface area contributed by atoms with Gasteiger partial charge in [-0.05, 0) is 38.0 Å². The Labute approximate surface area is 134 Å². The molecule has 1 aliphatic rings. The molecule has 5 heteroatoms. The summed E-state index contributed by atoms with van der Waals surface area (Å²) in [7, 11) is 0. The third-order valence-electron chi connectivity index (χ3n) is 4.55. The third kappa shape index (κ3) is 3.38. The quantitative estimate of drug-likeness (QED) is 0.850. The van der Waals surface area contributed by atoms with Crippen LogP contribution in [-0.4, -0.2) is 23.0 Å². The van der Waals surface area contributed by atoms with E-state index in [1.54, 1.807) is 6.07 Å². The van der Waals surface area contributed by atoms with E-state index in [0.717, 1.165) is 30.2 Å². The molecule has 0 aliphatic heterocycles. The molecule has 1 saturated carbocycles. The second kappa shape index (κ2) is 6.44. The molecule has 1 fully saturated rings. The topological polar surface area (TPSA) is 79.5 Å². The van der Waals surface area contributed by atoms with Crippen LogP contribution in [0.5, 0.6) is 0 Å². The lowest BCUT2D eigenvalue weighted by atomic mass is 9.95. The molecular weight excluding hydrogens is 294 g/mol. The monoisotopic (exact) mass is 315 g/mol. The fourth-order valence-electron chi connectivity index (χ4n) is 3.29. The largest absolute Gasteiger partial charge is 0.481 e. The molecule has 1 aromatic heterocycles. The molecule has 3 rings (SSSR count). The Morgan fingerprint density at radius 1 is 1.17 bits per heavy atom. The molecule has 1 heterocycles. The Morgan fingerprint density at radius 2 is 1.96 bits per heavy atom. The van der Waals surface area contributed by atoms with Crippen LogP contribution in [0.2, 0.25) is 0 Å². The van der Waals surface area contributed by atoms with E-state index in [9.17, 15) is 14.7 Å².